The van der Waals surface area contributed by atoms with Crippen molar-refractivity contribution in [3.8, 4) is 0 Å². The molecule has 3 heteroatoms. The minimum absolute atomic E-state index is 0.169. The topological polar surface area (TPSA) is 29.5 Å². The van der Waals surface area contributed by atoms with Crippen LogP contribution in [0.3, 0.4) is 0 Å². The molecule has 0 aliphatic rings. The Morgan fingerprint density at radius 1 is 1.32 bits per heavy atom. The van der Waals surface area contributed by atoms with E-state index in [1.54, 1.807) is 0 Å². The maximum Gasteiger partial charge on any atom is 0.311 e. The Morgan fingerprint density at radius 2 is 1.95 bits per heavy atom. The standard InChI is InChI=1S/C16H25NO2/c1-12(19-15(18)16(2,3)4)14-9-7-8-13(10-14)11-17(5)6/h7-10,12H,11H2,1-6H3/t12-/m0/s1. The summed E-state index contributed by atoms with van der Waals surface area (Å²) in [5, 5.41) is 0. The molecule has 0 saturated carbocycles. The van der Waals surface area contributed by atoms with Crippen LogP contribution < -0.4 is 0 Å². The van der Waals surface area contributed by atoms with Gasteiger partial charge in [-0.15, -0.1) is 0 Å². The first-order chi connectivity index (χ1) is 8.70. The van der Waals surface area contributed by atoms with Crippen LogP contribution in [0.15, 0.2) is 24.3 Å². The highest BCUT2D eigenvalue weighted by Gasteiger charge is 2.25. The van der Waals surface area contributed by atoms with Crippen LogP contribution in [0.5, 0.6) is 0 Å². The van der Waals surface area contributed by atoms with Crippen molar-refractivity contribution in [1.82, 2.24) is 4.90 Å². The van der Waals surface area contributed by atoms with Crippen LogP contribution in [-0.4, -0.2) is 25.0 Å². The minimum atomic E-state index is -0.463. The third-order valence-corrected chi connectivity index (χ3v) is 2.82. The van der Waals surface area contributed by atoms with Crippen molar-refractivity contribution >= 4 is 5.97 Å². The van der Waals surface area contributed by atoms with Gasteiger partial charge in [0.05, 0.1) is 5.41 Å². The molecule has 1 aromatic rings. The van der Waals surface area contributed by atoms with Gasteiger partial charge in [-0.3, -0.25) is 4.79 Å². The second-order valence-corrected chi connectivity index (χ2v) is 6.28. The molecule has 0 saturated heterocycles. The third kappa shape index (κ3) is 5.03. The molecule has 1 aromatic carbocycles. The number of benzene rings is 1. The van der Waals surface area contributed by atoms with Crippen LogP contribution in [0, 0.1) is 5.41 Å². The Morgan fingerprint density at radius 3 is 2.47 bits per heavy atom. The van der Waals surface area contributed by atoms with Crippen LogP contribution in [-0.2, 0) is 16.1 Å². The Balaban J connectivity index is 2.77. The number of nitrogens with zero attached hydrogens (tertiary/aromatic N) is 1. The number of hydrogen-bond acceptors (Lipinski definition) is 3. The third-order valence-electron chi connectivity index (χ3n) is 2.82. The smallest absolute Gasteiger partial charge is 0.311 e. The molecule has 0 unspecified atom stereocenters. The fraction of sp³-hybridized carbons (Fsp3) is 0.562. The fourth-order valence-electron chi connectivity index (χ4n) is 1.71. The lowest BCUT2D eigenvalue weighted by Gasteiger charge is -2.21. The van der Waals surface area contributed by atoms with Crippen LogP contribution >= 0.6 is 0 Å². The molecule has 0 aliphatic carbocycles. The molecule has 3 nitrogen and oxygen atoms in total. The Hall–Kier alpha value is -1.35. The predicted molar refractivity (Wildman–Crippen MR) is 77.8 cm³/mol. The first kappa shape index (κ1) is 15.7. The number of ether oxygens (including phenoxy) is 1. The van der Waals surface area contributed by atoms with Crippen molar-refractivity contribution in [2.75, 3.05) is 14.1 Å². The molecule has 1 rings (SSSR count). The van der Waals surface area contributed by atoms with E-state index < -0.39 is 5.41 Å². The largest absolute Gasteiger partial charge is 0.457 e. The first-order valence-corrected chi connectivity index (χ1v) is 6.65. The van der Waals surface area contributed by atoms with E-state index in [0.717, 1.165) is 12.1 Å². The van der Waals surface area contributed by atoms with Crippen molar-refractivity contribution in [2.45, 2.75) is 40.3 Å². The predicted octanol–water partition coefficient (Wildman–Crippen LogP) is 3.40. The van der Waals surface area contributed by atoms with Crippen molar-refractivity contribution in [3.05, 3.63) is 35.4 Å². The minimum Gasteiger partial charge on any atom is -0.457 e. The quantitative estimate of drug-likeness (QED) is 0.780. The van der Waals surface area contributed by atoms with Gasteiger partial charge in [0.25, 0.3) is 0 Å². The molecule has 0 heterocycles. The summed E-state index contributed by atoms with van der Waals surface area (Å²) in [7, 11) is 4.07. The lowest BCUT2D eigenvalue weighted by atomic mass is 9.97. The summed E-state index contributed by atoms with van der Waals surface area (Å²) in [4.78, 5) is 14.0. The summed E-state index contributed by atoms with van der Waals surface area (Å²) < 4.78 is 5.51. The second kappa shape index (κ2) is 6.20. The van der Waals surface area contributed by atoms with Gasteiger partial charge in [-0.25, -0.2) is 0 Å². The molecule has 0 aliphatic heterocycles. The number of carbonyl (C=O) groups is 1. The highest BCUT2D eigenvalue weighted by molar-refractivity contribution is 5.75. The zero-order chi connectivity index (χ0) is 14.6. The molecule has 19 heavy (non-hydrogen) atoms. The highest BCUT2D eigenvalue weighted by Crippen LogP contribution is 2.23. The van der Waals surface area contributed by atoms with Crippen LogP contribution in [0.1, 0.15) is 44.9 Å². The van der Waals surface area contributed by atoms with Crippen molar-refractivity contribution < 1.29 is 9.53 Å². The molecule has 0 spiro atoms. The summed E-state index contributed by atoms with van der Waals surface area (Å²) >= 11 is 0. The van der Waals surface area contributed by atoms with Gasteiger partial charge in [-0.1, -0.05) is 24.3 Å². The van der Waals surface area contributed by atoms with E-state index in [9.17, 15) is 4.79 Å². The van der Waals surface area contributed by atoms with E-state index >= 15 is 0 Å². The summed E-state index contributed by atoms with van der Waals surface area (Å²) in [5.41, 5.74) is 1.80. The highest BCUT2D eigenvalue weighted by atomic mass is 16.5. The van der Waals surface area contributed by atoms with E-state index in [4.69, 9.17) is 4.74 Å². The van der Waals surface area contributed by atoms with Gasteiger partial charge in [0.1, 0.15) is 6.10 Å². The van der Waals surface area contributed by atoms with E-state index in [-0.39, 0.29) is 12.1 Å². The lowest BCUT2D eigenvalue weighted by molar-refractivity contribution is -0.158. The Kier molecular flexibility index (Phi) is 5.12. The molecule has 106 valence electrons. The molecule has 0 fully saturated rings. The Bertz CT molecular complexity index is 433. The summed E-state index contributed by atoms with van der Waals surface area (Å²) in [5.74, 6) is -0.169. The summed E-state index contributed by atoms with van der Waals surface area (Å²) in [6, 6.07) is 8.19. The average Bonchev–Trinajstić information content (AvgIpc) is 2.27. The van der Waals surface area contributed by atoms with Crippen LogP contribution in [0.2, 0.25) is 0 Å². The number of hydrogen-bond donors (Lipinski definition) is 0. The van der Waals surface area contributed by atoms with Crippen molar-refractivity contribution in [1.29, 1.82) is 0 Å². The zero-order valence-corrected chi connectivity index (χ0v) is 12.9. The normalized spacial score (nSPS) is 13.4. The molecule has 0 radical (unpaired) electrons. The monoisotopic (exact) mass is 263 g/mol. The van der Waals surface area contributed by atoms with Crippen LogP contribution in [0.4, 0.5) is 0 Å². The average molecular weight is 263 g/mol. The lowest BCUT2D eigenvalue weighted by Crippen LogP contribution is -2.24. The van der Waals surface area contributed by atoms with Crippen molar-refractivity contribution in [2.24, 2.45) is 5.41 Å². The summed E-state index contributed by atoms with van der Waals surface area (Å²) in [6.45, 7) is 8.39. The number of carbonyl (C=O) groups excluding carboxylic acids is 1. The number of esters is 1. The van der Waals surface area contributed by atoms with Gasteiger partial charge >= 0.3 is 5.97 Å². The molecule has 0 N–H and O–H groups in total. The Labute approximate surface area is 116 Å². The maximum atomic E-state index is 11.9. The van der Waals surface area contributed by atoms with E-state index in [1.165, 1.54) is 5.56 Å². The summed E-state index contributed by atoms with van der Waals surface area (Å²) in [6.07, 6.45) is -0.214. The molecular weight excluding hydrogens is 238 g/mol. The van der Waals surface area contributed by atoms with E-state index in [2.05, 4.69) is 17.0 Å². The molecule has 0 aromatic heterocycles. The SMILES string of the molecule is C[C@H](OC(=O)C(C)(C)C)c1cccc(CN(C)C)c1. The van der Waals surface area contributed by atoms with E-state index in [1.807, 2.05) is 53.9 Å². The van der Waals surface area contributed by atoms with Gasteiger partial charge in [0, 0.05) is 6.54 Å². The van der Waals surface area contributed by atoms with Gasteiger partial charge in [-0.2, -0.15) is 0 Å². The van der Waals surface area contributed by atoms with Crippen molar-refractivity contribution in [3.63, 3.8) is 0 Å². The van der Waals surface area contributed by atoms with E-state index in [0.29, 0.717) is 0 Å². The zero-order valence-electron chi connectivity index (χ0n) is 12.9. The second-order valence-electron chi connectivity index (χ2n) is 6.28. The number of rotatable bonds is 4. The van der Waals surface area contributed by atoms with Gasteiger partial charge in [0.2, 0.25) is 0 Å². The maximum absolute atomic E-state index is 11.9. The van der Waals surface area contributed by atoms with Gasteiger partial charge in [0.15, 0.2) is 0 Å². The van der Waals surface area contributed by atoms with Crippen LogP contribution in [0.25, 0.3) is 0 Å². The fourth-order valence-corrected chi connectivity index (χ4v) is 1.71. The van der Waals surface area contributed by atoms with Gasteiger partial charge in [-0.05, 0) is 52.9 Å². The molecule has 0 bridgehead atoms. The molecule has 0 amide bonds. The van der Waals surface area contributed by atoms with Gasteiger partial charge < -0.3 is 9.64 Å². The first-order valence-electron chi connectivity index (χ1n) is 6.65. The molecular formula is C16H25NO2. The molecule has 1 atom stereocenters.